The Morgan fingerprint density at radius 3 is 3.00 bits per heavy atom. The minimum absolute atomic E-state index is 0.524. The van der Waals surface area contributed by atoms with Gasteiger partial charge in [0.05, 0.1) is 0 Å². The number of aromatic nitrogens is 2. The summed E-state index contributed by atoms with van der Waals surface area (Å²) in [5.74, 6) is 2.72. The van der Waals surface area contributed by atoms with Crippen molar-refractivity contribution in [3.63, 3.8) is 0 Å². The van der Waals surface area contributed by atoms with Gasteiger partial charge in [0.25, 0.3) is 0 Å². The number of rotatable bonds is 4. The highest BCUT2D eigenvalue weighted by molar-refractivity contribution is 5.06. The van der Waals surface area contributed by atoms with Crippen LogP contribution in [0.2, 0.25) is 0 Å². The molecule has 17 heavy (non-hydrogen) atoms. The van der Waals surface area contributed by atoms with Gasteiger partial charge >= 0.3 is 0 Å². The summed E-state index contributed by atoms with van der Waals surface area (Å²) in [6, 6.07) is 0.524. The molecule has 0 radical (unpaired) electrons. The smallest absolute Gasteiger partial charge is 0.109 e. The summed E-state index contributed by atoms with van der Waals surface area (Å²) in [4.78, 5) is 8.04. The molecule has 1 aromatic rings. The lowest BCUT2D eigenvalue weighted by Crippen LogP contribution is -2.22. The lowest BCUT2D eigenvalue weighted by Gasteiger charge is -2.25. The van der Waals surface area contributed by atoms with Gasteiger partial charge in [-0.25, -0.2) is 4.98 Å². The molecule has 3 nitrogen and oxygen atoms in total. The number of aromatic amines is 1. The van der Waals surface area contributed by atoms with E-state index >= 15 is 0 Å². The van der Waals surface area contributed by atoms with Crippen LogP contribution in [0.3, 0.4) is 0 Å². The maximum atomic E-state index is 4.56. The molecule has 0 spiro atoms. The first kappa shape index (κ1) is 12.6. The Morgan fingerprint density at radius 1 is 1.47 bits per heavy atom. The summed E-state index contributed by atoms with van der Waals surface area (Å²) >= 11 is 0. The third kappa shape index (κ3) is 3.56. The van der Waals surface area contributed by atoms with Crippen molar-refractivity contribution in [2.45, 2.75) is 65.0 Å². The van der Waals surface area contributed by atoms with Crippen LogP contribution >= 0.6 is 0 Å². The maximum Gasteiger partial charge on any atom is 0.109 e. The predicted octanol–water partition coefficient (Wildman–Crippen LogP) is 3.20. The van der Waals surface area contributed by atoms with Crippen molar-refractivity contribution in [3.05, 3.63) is 17.7 Å². The fourth-order valence-corrected chi connectivity index (χ4v) is 2.67. The fourth-order valence-electron chi connectivity index (χ4n) is 2.67. The molecule has 2 rings (SSSR count). The number of H-pyrrole nitrogens is 1. The monoisotopic (exact) mass is 235 g/mol. The second-order valence-electron chi connectivity index (χ2n) is 5.80. The molecule has 0 saturated heterocycles. The minimum Gasteiger partial charge on any atom is -0.345 e. The van der Waals surface area contributed by atoms with E-state index in [1.54, 1.807) is 0 Å². The minimum atomic E-state index is 0.524. The molecule has 0 aliphatic heterocycles. The van der Waals surface area contributed by atoms with Gasteiger partial charge in [0.1, 0.15) is 5.82 Å². The highest BCUT2D eigenvalue weighted by atomic mass is 15.0. The number of hydrogen-bond donors (Lipinski definition) is 2. The summed E-state index contributed by atoms with van der Waals surface area (Å²) < 4.78 is 0. The highest BCUT2D eigenvalue weighted by Gasteiger charge is 2.22. The SMILES string of the molecule is CC1CCCC(c2ncc(CNC(C)C)[nH]2)C1. The van der Waals surface area contributed by atoms with Crippen molar-refractivity contribution >= 4 is 0 Å². The van der Waals surface area contributed by atoms with Gasteiger partial charge in [-0.1, -0.05) is 33.6 Å². The Morgan fingerprint density at radius 2 is 2.29 bits per heavy atom. The molecule has 1 aliphatic rings. The van der Waals surface area contributed by atoms with Crippen LogP contribution < -0.4 is 5.32 Å². The largest absolute Gasteiger partial charge is 0.345 e. The van der Waals surface area contributed by atoms with Crippen molar-refractivity contribution < 1.29 is 0 Å². The summed E-state index contributed by atoms with van der Waals surface area (Å²) in [7, 11) is 0. The quantitative estimate of drug-likeness (QED) is 0.841. The van der Waals surface area contributed by atoms with E-state index in [1.807, 2.05) is 6.20 Å². The second kappa shape index (κ2) is 5.67. The third-order valence-electron chi connectivity index (χ3n) is 3.67. The molecule has 1 saturated carbocycles. The maximum absolute atomic E-state index is 4.56. The van der Waals surface area contributed by atoms with Crippen LogP contribution in [0.1, 0.15) is 63.9 Å². The van der Waals surface area contributed by atoms with Gasteiger partial charge in [0.15, 0.2) is 0 Å². The zero-order valence-corrected chi connectivity index (χ0v) is 11.3. The molecule has 1 heterocycles. The Hall–Kier alpha value is -0.830. The first-order valence-electron chi connectivity index (χ1n) is 6.92. The lowest BCUT2D eigenvalue weighted by atomic mass is 9.82. The van der Waals surface area contributed by atoms with E-state index in [2.05, 4.69) is 36.1 Å². The van der Waals surface area contributed by atoms with Gasteiger partial charge in [0.2, 0.25) is 0 Å². The zero-order chi connectivity index (χ0) is 12.3. The van der Waals surface area contributed by atoms with Crippen molar-refractivity contribution in [2.24, 2.45) is 5.92 Å². The van der Waals surface area contributed by atoms with Crippen LogP contribution in [0.5, 0.6) is 0 Å². The molecule has 2 unspecified atom stereocenters. The Balaban J connectivity index is 1.92. The number of hydrogen-bond acceptors (Lipinski definition) is 2. The van der Waals surface area contributed by atoms with Gasteiger partial charge in [-0.15, -0.1) is 0 Å². The van der Waals surface area contributed by atoms with E-state index in [0.29, 0.717) is 12.0 Å². The first-order chi connectivity index (χ1) is 8.15. The average molecular weight is 235 g/mol. The molecule has 1 aromatic heterocycles. The van der Waals surface area contributed by atoms with Crippen LogP contribution in [-0.4, -0.2) is 16.0 Å². The predicted molar refractivity (Wildman–Crippen MR) is 70.9 cm³/mol. The summed E-state index contributed by atoms with van der Waals surface area (Å²) in [6.07, 6.45) is 7.33. The Bertz CT molecular complexity index is 343. The van der Waals surface area contributed by atoms with Crippen LogP contribution in [0, 0.1) is 5.92 Å². The van der Waals surface area contributed by atoms with E-state index in [0.717, 1.165) is 12.5 Å². The normalized spacial score (nSPS) is 25.4. The van der Waals surface area contributed by atoms with E-state index in [1.165, 1.54) is 37.2 Å². The van der Waals surface area contributed by atoms with Crippen molar-refractivity contribution in [1.82, 2.24) is 15.3 Å². The Kier molecular flexibility index (Phi) is 4.21. The second-order valence-corrected chi connectivity index (χ2v) is 5.80. The highest BCUT2D eigenvalue weighted by Crippen LogP contribution is 2.34. The summed E-state index contributed by atoms with van der Waals surface area (Å²) in [5, 5.41) is 3.42. The zero-order valence-electron chi connectivity index (χ0n) is 11.3. The number of imidazole rings is 1. The number of nitrogens with zero attached hydrogens (tertiary/aromatic N) is 1. The molecular formula is C14H25N3. The first-order valence-corrected chi connectivity index (χ1v) is 6.92. The van der Waals surface area contributed by atoms with Gasteiger partial charge in [0, 0.05) is 30.4 Å². The van der Waals surface area contributed by atoms with Crippen LogP contribution in [0.15, 0.2) is 6.20 Å². The van der Waals surface area contributed by atoms with Crippen LogP contribution in [0.25, 0.3) is 0 Å². The van der Waals surface area contributed by atoms with E-state index in [4.69, 9.17) is 0 Å². The standard InChI is InChI=1S/C14H25N3/c1-10(2)15-8-13-9-16-14(17-13)12-6-4-5-11(3)7-12/h9-12,15H,4-8H2,1-3H3,(H,16,17). The van der Waals surface area contributed by atoms with Crippen molar-refractivity contribution in [2.75, 3.05) is 0 Å². The lowest BCUT2D eigenvalue weighted by molar-refractivity contribution is 0.336. The molecule has 0 bridgehead atoms. The van der Waals surface area contributed by atoms with Crippen LogP contribution in [0.4, 0.5) is 0 Å². The molecule has 0 aromatic carbocycles. The van der Waals surface area contributed by atoms with Gasteiger partial charge < -0.3 is 10.3 Å². The van der Waals surface area contributed by atoms with Gasteiger partial charge in [-0.05, 0) is 18.8 Å². The van der Waals surface area contributed by atoms with E-state index in [9.17, 15) is 0 Å². The van der Waals surface area contributed by atoms with Gasteiger partial charge in [-0.2, -0.15) is 0 Å². The van der Waals surface area contributed by atoms with E-state index in [-0.39, 0.29) is 0 Å². The molecule has 3 heteroatoms. The van der Waals surface area contributed by atoms with Crippen molar-refractivity contribution in [3.8, 4) is 0 Å². The number of nitrogens with one attached hydrogen (secondary N) is 2. The van der Waals surface area contributed by atoms with E-state index < -0.39 is 0 Å². The summed E-state index contributed by atoms with van der Waals surface area (Å²) in [6.45, 7) is 7.59. The topological polar surface area (TPSA) is 40.7 Å². The molecule has 96 valence electrons. The molecular weight excluding hydrogens is 210 g/mol. The molecule has 2 N–H and O–H groups in total. The Labute approximate surface area is 104 Å². The average Bonchev–Trinajstić information content (AvgIpc) is 2.75. The molecule has 2 atom stereocenters. The third-order valence-corrected chi connectivity index (χ3v) is 3.67. The van der Waals surface area contributed by atoms with Gasteiger partial charge in [-0.3, -0.25) is 0 Å². The summed E-state index contributed by atoms with van der Waals surface area (Å²) in [5.41, 5.74) is 1.21. The fraction of sp³-hybridized carbons (Fsp3) is 0.786. The van der Waals surface area contributed by atoms with Crippen LogP contribution in [-0.2, 0) is 6.54 Å². The van der Waals surface area contributed by atoms with Crippen molar-refractivity contribution in [1.29, 1.82) is 0 Å². The molecule has 0 amide bonds. The molecule has 1 aliphatic carbocycles. The molecule has 1 fully saturated rings.